The third kappa shape index (κ3) is 7.16. The van der Waals surface area contributed by atoms with Gasteiger partial charge in [-0.2, -0.15) is 0 Å². The minimum Gasteiger partial charge on any atom is -0.370 e. The van der Waals surface area contributed by atoms with Gasteiger partial charge in [-0.1, -0.05) is 83.1 Å². The fraction of sp³-hybridized carbons (Fsp3) is 0.583. The van der Waals surface area contributed by atoms with Crippen LogP contribution in [-0.2, 0) is 16.9 Å². The average molecular weight is 433 g/mol. The molecule has 1 atom stereocenters. The molecule has 1 heterocycles. The summed E-state index contributed by atoms with van der Waals surface area (Å²) in [6, 6.07) is 12.7. The summed E-state index contributed by atoms with van der Waals surface area (Å²) in [5.41, 5.74) is 1.10. The Hall–Kier alpha value is -1.30. The first-order chi connectivity index (χ1) is 13.8. The Kier molecular flexibility index (Phi) is 9.73. The summed E-state index contributed by atoms with van der Waals surface area (Å²) in [5.74, 6) is 1.01. The van der Waals surface area contributed by atoms with Crippen molar-refractivity contribution in [3.8, 4) is 0 Å². The predicted octanol–water partition coefficient (Wildman–Crippen LogP) is 7.45. The summed E-state index contributed by atoms with van der Waals surface area (Å²) < 4.78 is 10.1. The molecule has 160 valence electrons. The van der Waals surface area contributed by atoms with E-state index in [2.05, 4.69) is 67.6 Å². The number of ether oxygens (including phenoxy) is 1. The minimum absolute atomic E-state index is 0.204. The third-order valence-electron chi connectivity index (χ3n) is 5.46. The Morgan fingerprint density at radius 1 is 0.966 bits per heavy atom. The summed E-state index contributed by atoms with van der Waals surface area (Å²) in [5, 5.41) is 0. The molecule has 2 rings (SSSR count). The molecule has 2 aromatic rings. The second-order valence-electron chi connectivity index (χ2n) is 8.57. The number of H-pyrrole nitrogens is 1. The molecule has 0 spiro atoms. The predicted molar refractivity (Wildman–Crippen MR) is 127 cm³/mol. The minimum atomic E-state index is -0.204. The number of aryl methyl sites for hydroxylation is 1. The molecule has 1 unspecified atom stereocenters. The van der Waals surface area contributed by atoms with Crippen LogP contribution in [0.2, 0.25) is 0 Å². The Balaban J connectivity index is 1.85. The number of benzene rings is 1. The van der Waals surface area contributed by atoms with Crippen molar-refractivity contribution in [1.29, 1.82) is 0 Å². The van der Waals surface area contributed by atoms with Crippen molar-refractivity contribution in [2.75, 3.05) is 6.61 Å². The molecule has 0 saturated carbocycles. The first-order valence-electron chi connectivity index (χ1n) is 10.8. The van der Waals surface area contributed by atoms with Crippen molar-refractivity contribution in [2.45, 2.75) is 71.9 Å². The van der Waals surface area contributed by atoms with Crippen LogP contribution in [0.1, 0.15) is 65.4 Å². The van der Waals surface area contributed by atoms with E-state index in [-0.39, 0.29) is 5.60 Å². The fourth-order valence-corrected chi connectivity index (χ4v) is 4.42. The van der Waals surface area contributed by atoms with E-state index in [1.165, 1.54) is 18.4 Å². The molecule has 0 radical (unpaired) electrons. The molecule has 0 aliphatic heterocycles. The van der Waals surface area contributed by atoms with Crippen LogP contribution < -0.4 is 0 Å². The maximum Gasteiger partial charge on any atom is 0.178 e. The number of rotatable bonds is 12. The molecule has 1 aromatic carbocycles. The van der Waals surface area contributed by atoms with Gasteiger partial charge in [0.1, 0.15) is 4.64 Å². The highest BCUT2D eigenvalue weighted by molar-refractivity contribution is 7.72. The monoisotopic (exact) mass is 432 g/mol. The molecule has 5 heteroatoms. The number of hydrogen-bond acceptors (Lipinski definition) is 3. The highest BCUT2D eigenvalue weighted by Crippen LogP contribution is 2.39. The van der Waals surface area contributed by atoms with Gasteiger partial charge < -0.3 is 14.3 Å². The van der Waals surface area contributed by atoms with Gasteiger partial charge in [-0.05, 0) is 54.9 Å². The second-order valence-corrected chi connectivity index (χ2v) is 9.40. The SMILES string of the molecule is CC(C)CC(OCCCCCCn1ccc(=S)[nH]c1=S)(c1ccccc1)C(C)C. The van der Waals surface area contributed by atoms with Crippen LogP contribution in [0.3, 0.4) is 0 Å². The molecule has 29 heavy (non-hydrogen) atoms. The molecule has 0 fully saturated rings. The lowest BCUT2D eigenvalue weighted by molar-refractivity contribution is -0.0990. The Labute approximate surface area is 186 Å². The number of nitrogens with zero attached hydrogens (tertiary/aromatic N) is 1. The molecule has 1 aromatic heterocycles. The van der Waals surface area contributed by atoms with E-state index < -0.39 is 0 Å². The van der Waals surface area contributed by atoms with E-state index in [1.807, 2.05) is 12.3 Å². The molecule has 1 N–H and O–H groups in total. The number of unbranched alkanes of at least 4 members (excludes halogenated alkanes) is 3. The first kappa shape index (κ1) is 24.0. The van der Waals surface area contributed by atoms with Crippen molar-refractivity contribution < 1.29 is 4.74 Å². The van der Waals surface area contributed by atoms with Gasteiger partial charge in [-0.3, -0.25) is 0 Å². The highest BCUT2D eigenvalue weighted by Gasteiger charge is 2.37. The molecule has 0 aliphatic carbocycles. The number of aromatic nitrogens is 2. The van der Waals surface area contributed by atoms with Gasteiger partial charge in [-0.25, -0.2) is 0 Å². The maximum absolute atomic E-state index is 6.65. The normalized spacial score (nSPS) is 13.7. The third-order valence-corrected chi connectivity index (χ3v) is 6.03. The van der Waals surface area contributed by atoms with E-state index in [0.29, 0.717) is 21.2 Å². The van der Waals surface area contributed by atoms with E-state index >= 15 is 0 Å². The lowest BCUT2D eigenvalue weighted by Gasteiger charge is -2.40. The zero-order chi connectivity index (χ0) is 21.3. The molecule has 0 amide bonds. The van der Waals surface area contributed by atoms with Crippen LogP contribution in [0.4, 0.5) is 0 Å². The lowest BCUT2D eigenvalue weighted by Crippen LogP contribution is -2.37. The van der Waals surface area contributed by atoms with Gasteiger partial charge in [0.15, 0.2) is 4.77 Å². The second kappa shape index (κ2) is 11.8. The summed E-state index contributed by atoms with van der Waals surface area (Å²) in [6.45, 7) is 10.9. The van der Waals surface area contributed by atoms with Gasteiger partial charge in [0, 0.05) is 19.3 Å². The topological polar surface area (TPSA) is 29.9 Å². The highest BCUT2D eigenvalue weighted by atomic mass is 32.1. The molecule has 0 aliphatic rings. The first-order valence-corrected chi connectivity index (χ1v) is 11.7. The van der Waals surface area contributed by atoms with Gasteiger partial charge in [0.2, 0.25) is 0 Å². The van der Waals surface area contributed by atoms with Crippen LogP contribution in [0, 0.1) is 21.2 Å². The van der Waals surface area contributed by atoms with Gasteiger partial charge in [-0.15, -0.1) is 0 Å². The van der Waals surface area contributed by atoms with Crippen molar-refractivity contribution in [3.05, 3.63) is 57.6 Å². The van der Waals surface area contributed by atoms with Gasteiger partial charge >= 0.3 is 0 Å². The zero-order valence-corrected chi connectivity index (χ0v) is 20.0. The van der Waals surface area contributed by atoms with Crippen molar-refractivity contribution in [3.63, 3.8) is 0 Å². The average Bonchev–Trinajstić information content (AvgIpc) is 2.68. The van der Waals surface area contributed by atoms with E-state index in [1.54, 1.807) is 0 Å². The molecular weight excluding hydrogens is 396 g/mol. The number of hydrogen-bond donors (Lipinski definition) is 1. The Morgan fingerprint density at radius 3 is 2.28 bits per heavy atom. The van der Waals surface area contributed by atoms with Gasteiger partial charge in [0.25, 0.3) is 0 Å². The molecule has 3 nitrogen and oxygen atoms in total. The smallest absolute Gasteiger partial charge is 0.178 e. The molecular formula is C24H36N2OS2. The zero-order valence-electron chi connectivity index (χ0n) is 18.3. The molecule has 0 bridgehead atoms. The summed E-state index contributed by atoms with van der Waals surface area (Å²) in [6.07, 6.45) is 7.56. The van der Waals surface area contributed by atoms with Crippen LogP contribution in [0.15, 0.2) is 42.6 Å². The summed E-state index contributed by atoms with van der Waals surface area (Å²) in [4.78, 5) is 3.03. The van der Waals surface area contributed by atoms with E-state index in [0.717, 1.165) is 32.4 Å². The van der Waals surface area contributed by atoms with Crippen LogP contribution in [-0.4, -0.2) is 16.2 Å². The summed E-state index contributed by atoms with van der Waals surface area (Å²) in [7, 11) is 0. The van der Waals surface area contributed by atoms with E-state index in [9.17, 15) is 0 Å². The Bertz CT molecular complexity index is 842. The fourth-order valence-electron chi connectivity index (χ4n) is 3.93. The largest absolute Gasteiger partial charge is 0.370 e. The van der Waals surface area contributed by atoms with Gasteiger partial charge in [0.05, 0.1) is 5.60 Å². The van der Waals surface area contributed by atoms with Crippen molar-refractivity contribution in [2.24, 2.45) is 11.8 Å². The van der Waals surface area contributed by atoms with Crippen LogP contribution in [0.5, 0.6) is 0 Å². The number of aromatic amines is 1. The van der Waals surface area contributed by atoms with Crippen LogP contribution >= 0.6 is 24.4 Å². The molecule has 0 saturated heterocycles. The van der Waals surface area contributed by atoms with Crippen LogP contribution in [0.25, 0.3) is 0 Å². The van der Waals surface area contributed by atoms with Crippen molar-refractivity contribution >= 4 is 24.4 Å². The standard InChI is InChI=1S/C24H36N2OS2/c1-19(2)18-24(20(3)4,21-12-8-7-9-13-21)27-17-11-6-5-10-15-26-16-14-22(28)25-23(26)29/h7-9,12-14,16,19-20H,5-6,10-11,15,17-18H2,1-4H3,(H,25,28,29). The number of nitrogens with one attached hydrogen (secondary N) is 1. The van der Waals surface area contributed by atoms with E-state index in [4.69, 9.17) is 29.2 Å². The maximum atomic E-state index is 6.65. The quantitative estimate of drug-likeness (QED) is 0.279. The Morgan fingerprint density at radius 2 is 1.66 bits per heavy atom. The van der Waals surface area contributed by atoms with Crippen molar-refractivity contribution in [1.82, 2.24) is 9.55 Å². The lowest BCUT2D eigenvalue weighted by atomic mass is 9.77. The summed E-state index contributed by atoms with van der Waals surface area (Å²) >= 11 is 10.4.